The Morgan fingerprint density at radius 3 is 2.73 bits per heavy atom. The molecule has 0 aliphatic carbocycles. The van der Waals surface area contributed by atoms with Crippen LogP contribution in [0.5, 0.6) is 11.5 Å². The van der Waals surface area contributed by atoms with Crippen molar-refractivity contribution in [2.45, 2.75) is 50.3 Å². The molecule has 2 heterocycles. The Bertz CT molecular complexity index is 1270. The van der Waals surface area contributed by atoms with Gasteiger partial charge in [0.05, 0.1) is 28.3 Å². The zero-order valence-electron chi connectivity index (χ0n) is 17.3. The first kappa shape index (κ1) is 20.9. The van der Waals surface area contributed by atoms with Crippen molar-refractivity contribution >= 4 is 31.6 Å². The normalized spacial score (nSPS) is 18.1. The van der Waals surface area contributed by atoms with Gasteiger partial charge in [-0.05, 0) is 57.2 Å². The van der Waals surface area contributed by atoms with E-state index in [9.17, 15) is 13.2 Å². The van der Waals surface area contributed by atoms with E-state index in [1.54, 1.807) is 48.1 Å². The molecule has 3 aromatic rings. The van der Waals surface area contributed by atoms with E-state index in [1.165, 1.54) is 0 Å². The molecule has 0 unspecified atom stereocenters. The average molecular weight is 449 g/mol. The van der Waals surface area contributed by atoms with Gasteiger partial charge in [0.1, 0.15) is 17.1 Å². The largest absolute Gasteiger partial charge is 0.497 e. The predicted molar refractivity (Wildman–Crippen MR) is 117 cm³/mol. The summed E-state index contributed by atoms with van der Waals surface area (Å²) in [6.07, 6.45) is 0.466. The SMILES string of the molecule is CCn1c(=O)sc2cc(S(=O)(=O)N[C@@H]3CC(C)(C)Oc4ccc(OC)cc43)ccc21. The van der Waals surface area contributed by atoms with Crippen molar-refractivity contribution in [2.75, 3.05) is 7.11 Å². The van der Waals surface area contributed by atoms with E-state index in [-0.39, 0.29) is 9.77 Å². The maximum absolute atomic E-state index is 13.2. The fourth-order valence-electron chi connectivity index (χ4n) is 3.83. The maximum atomic E-state index is 13.2. The number of aryl methyl sites for hydroxylation is 1. The van der Waals surface area contributed by atoms with E-state index < -0.39 is 21.7 Å². The number of fused-ring (bicyclic) bond motifs is 2. The highest BCUT2D eigenvalue weighted by molar-refractivity contribution is 7.89. The van der Waals surface area contributed by atoms with Crippen LogP contribution in [-0.2, 0) is 16.6 Å². The molecule has 1 aromatic heterocycles. The van der Waals surface area contributed by atoms with Gasteiger partial charge in [0.25, 0.3) is 0 Å². The molecule has 0 fully saturated rings. The van der Waals surface area contributed by atoms with Crippen LogP contribution in [0.1, 0.15) is 38.8 Å². The number of ether oxygens (including phenoxy) is 2. The second-order valence-electron chi connectivity index (χ2n) is 7.89. The molecule has 30 heavy (non-hydrogen) atoms. The molecule has 9 heteroatoms. The number of thiazole rings is 1. The minimum absolute atomic E-state index is 0.0952. The van der Waals surface area contributed by atoms with Crippen molar-refractivity contribution < 1.29 is 17.9 Å². The standard InChI is InChI=1S/C21H24N2O5S2/c1-5-23-17-8-7-14(11-19(17)29-20(23)24)30(25,26)22-16-12-21(2,3)28-18-9-6-13(27-4)10-15(16)18/h6-11,16,22H,5,12H2,1-4H3/t16-/m1/s1. The van der Waals surface area contributed by atoms with Gasteiger partial charge in [0.15, 0.2) is 0 Å². The summed E-state index contributed by atoms with van der Waals surface area (Å²) in [5.74, 6) is 1.27. The van der Waals surface area contributed by atoms with E-state index in [0.717, 1.165) is 22.4 Å². The number of hydrogen-bond donors (Lipinski definition) is 1. The van der Waals surface area contributed by atoms with Gasteiger partial charge in [0, 0.05) is 18.5 Å². The monoisotopic (exact) mass is 448 g/mol. The lowest BCUT2D eigenvalue weighted by Crippen LogP contribution is -2.41. The lowest BCUT2D eigenvalue weighted by molar-refractivity contribution is 0.0700. The van der Waals surface area contributed by atoms with Gasteiger partial charge < -0.3 is 9.47 Å². The van der Waals surface area contributed by atoms with Gasteiger partial charge in [-0.1, -0.05) is 11.3 Å². The number of aromatic nitrogens is 1. The highest BCUT2D eigenvalue weighted by Gasteiger charge is 2.36. The van der Waals surface area contributed by atoms with Crippen LogP contribution in [0.2, 0.25) is 0 Å². The zero-order valence-corrected chi connectivity index (χ0v) is 18.9. The summed E-state index contributed by atoms with van der Waals surface area (Å²) in [6.45, 7) is 6.29. The van der Waals surface area contributed by atoms with Crippen molar-refractivity contribution in [2.24, 2.45) is 0 Å². The van der Waals surface area contributed by atoms with Gasteiger partial charge in [-0.15, -0.1) is 0 Å². The Morgan fingerprint density at radius 2 is 2.03 bits per heavy atom. The van der Waals surface area contributed by atoms with E-state index in [2.05, 4.69) is 4.72 Å². The first-order valence-corrected chi connectivity index (χ1v) is 12.0. The zero-order chi connectivity index (χ0) is 21.7. The number of benzene rings is 2. The first-order chi connectivity index (χ1) is 14.1. The van der Waals surface area contributed by atoms with Crippen LogP contribution >= 0.6 is 11.3 Å². The van der Waals surface area contributed by atoms with Crippen LogP contribution in [0.4, 0.5) is 0 Å². The number of rotatable bonds is 5. The number of sulfonamides is 1. The molecule has 0 amide bonds. The topological polar surface area (TPSA) is 86.6 Å². The molecule has 7 nitrogen and oxygen atoms in total. The maximum Gasteiger partial charge on any atom is 0.308 e. The number of hydrogen-bond acceptors (Lipinski definition) is 6. The predicted octanol–water partition coefficient (Wildman–Crippen LogP) is 3.67. The van der Waals surface area contributed by atoms with Gasteiger partial charge >= 0.3 is 4.87 Å². The van der Waals surface area contributed by atoms with Gasteiger partial charge in [0.2, 0.25) is 10.0 Å². The van der Waals surface area contributed by atoms with Crippen LogP contribution in [0, 0.1) is 0 Å². The third kappa shape index (κ3) is 3.73. The summed E-state index contributed by atoms with van der Waals surface area (Å²) in [4.78, 5) is 12.1. The molecule has 160 valence electrons. The highest BCUT2D eigenvalue weighted by Crippen LogP contribution is 2.41. The molecular formula is C21H24N2O5S2. The summed E-state index contributed by atoms with van der Waals surface area (Å²) < 4.78 is 42.9. The Balaban J connectivity index is 1.73. The average Bonchev–Trinajstić information content (AvgIpc) is 3.00. The lowest BCUT2D eigenvalue weighted by Gasteiger charge is -2.37. The Morgan fingerprint density at radius 1 is 1.27 bits per heavy atom. The van der Waals surface area contributed by atoms with Crippen molar-refractivity contribution in [3.63, 3.8) is 0 Å². The molecule has 0 saturated heterocycles. The molecule has 0 spiro atoms. The van der Waals surface area contributed by atoms with Gasteiger partial charge in [-0.3, -0.25) is 9.36 Å². The third-order valence-electron chi connectivity index (χ3n) is 5.24. The van der Waals surface area contributed by atoms with Gasteiger partial charge in [-0.25, -0.2) is 13.1 Å². The number of nitrogens with one attached hydrogen (secondary N) is 1. The minimum Gasteiger partial charge on any atom is -0.497 e. The third-order valence-corrected chi connectivity index (χ3v) is 7.65. The van der Waals surface area contributed by atoms with E-state index >= 15 is 0 Å². The molecule has 0 bridgehead atoms. The molecule has 1 aliphatic rings. The molecule has 1 N–H and O–H groups in total. The Labute approximate surface area is 179 Å². The van der Waals surface area contributed by atoms with E-state index in [1.807, 2.05) is 20.8 Å². The fraction of sp³-hybridized carbons (Fsp3) is 0.381. The molecule has 0 saturated carbocycles. The fourth-order valence-corrected chi connectivity index (χ4v) is 6.14. The molecule has 1 atom stereocenters. The van der Waals surface area contributed by atoms with Crippen molar-refractivity contribution in [3.05, 3.63) is 51.6 Å². The van der Waals surface area contributed by atoms with E-state index in [0.29, 0.717) is 29.2 Å². The summed E-state index contributed by atoms with van der Waals surface area (Å²) in [5.41, 5.74) is 0.949. The van der Waals surface area contributed by atoms with E-state index in [4.69, 9.17) is 9.47 Å². The second kappa shape index (κ2) is 7.40. The van der Waals surface area contributed by atoms with Crippen LogP contribution in [0.15, 0.2) is 46.1 Å². The molecule has 4 rings (SSSR count). The highest BCUT2D eigenvalue weighted by atomic mass is 32.2. The summed E-state index contributed by atoms with van der Waals surface area (Å²) in [6, 6.07) is 9.71. The molecule has 1 aliphatic heterocycles. The van der Waals surface area contributed by atoms with Crippen LogP contribution < -0.4 is 19.1 Å². The molecule has 2 aromatic carbocycles. The molecule has 0 radical (unpaired) electrons. The summed E-state index contributed by atoms with van der Waals surface area (Å²) >= 11 is 1.05. The van der Waals surface area contributed by atoms with Crippen LogP contribution in [0.3, 0.4) is 0 Å². The second-order valence-corrected chi connectivity index (χ2v) is 10.6. The van der Waals surface area contributed by atoms with Crippen molar-refractivity contribution in [1.29, 1.82) is 0 Å². The lowest BCUT2D eigenvalue weighted by atomic mass is 9.90. The molecular weight excluding hydrogens is 424 g/mol. The van der Waals surface area contributed by atoms with Gasteiger partial charge in [-0.2, -0.15) is 0 Å². The Hall–Kier alpha value is -2.36. The van der Waals surface area contributed by atoms with Crippen molar-refractivity contribution in [3.8, 4) is 11.5 Å². The Kier molecular flexibility index (Phi) is 5.16. The smallest absolute Gasteiger partial charge is 0.308 e. The first-order valence-electron chi connectivity index (χ1n) is 9.66. The summed E-state index contributed by atoms with van der Waals surface area (Å²) in [5, 5.41) is 0. The summed E-state index contributed by atoms with van der Waals surface area (Å²) in [7, 11) is -2.26. The number of methoxy groups -OCH3 is 1. The van der Waals surface area contributed by atoms with Crippen LogP contribution in [0.25, 0.3) is 10.2 Å². The van der Waals surface area contributed by atoms with Crippen LogP contribution in [-0.4, -0.2) is 25.7 Å². The number of nitrogens with zero attached hydrogens (tertiary/aromatic N) is 1. The minimum atomic E-state index is -3.83. The quantitative estimate of drug-likeness (QED) is 0.644. The van der Waals surface area contributed by atoms with Crippen molar-refractivity contribution in [1.82, 2.24) is 9.29 Å².